The zero-order chi connectivity index (χ0) is 12.1. The van der Waals surface area contributed by atoms with E-state index in [-0.39, 0.29) is 0 Å². The van der Waals surface area contributed by atoms with Crippen molar-refractivity contribution >= 4 is 17.7 Å². The quantitative estimate of drug-likeness (QED) is 0.257. The number of isocyanates is 1. The second-order valence-electron chi connectivity index (χ2n) is 3.32. The van der Waals surface area contributed by atoms with E-state index >= 15 is 0 Å². The van der Waals surface area contributed by atoms with Gasteiger partial charge >= 0.3 is 5.97 Å². The molecule has 0 N–H and O–H groups in total. The number of aliphatic imine (C=N–C) groups is 1. The lowest BCUT2D eigenvalue weighted by molar-refractivity contribution is -0.130. The van der Waals surface area contributed by atoms with Crippen LogP contribution in [0.5, 0.6) is 5.75 Å². The molecular weight excluding hydrogens is 206 g/mol. The highest BCUT2D eigenvalue weighted by atomic mass is 16.5. The van der Waals surface area contributed by atoms with Crippen molar-refractivity contribution in [1.29, 1.82) is 0 Å². The standard InChI is InChI=1S/C12H11NO3/c1-8(2)12(15)16-11-5-4-10(13-7-14)6-9(11)3/h4-6H,1H2,2-3H3. The summed E-state index contributed by atoms with van der Waals surface area (Å²) in [7, 11) is 0. The summed E-state index contributed by atoms with van der Waals surface area (Å²) in [5.74, 6) is -0.0485. The van der Waals surface area contributed by atoms with Crippen LogP contribution in [-0.4, -0.2) is 12.0 Å². The van der Waals surface area contributed by atoms with Gasteiger partial charge in [0.15, 0.2) is 0 Å². The molecule has 0 aliphatic carbocycles. The van der Waals surface area contributed by atoms with Crippen LogP contribution in [0.1, 0.15) is 12.5 Å². The maximum atomic E-state index is 11.3. The number of hydrogen-bond acceptors (Lipinski definition) is 4. The van der Waals surface area contributed by atoms with Crippen molar-refractivity contribution in [3.8, 4) is 5.75 Å². The molecule has 0 heterocycles. The summed E-state index contributed by atoms with van der Waals surface area (Å²) >= 11 is 0. The molecule has 0 saturated carbocycles. The SMILES string of the molecule is C=C(C)C(=O)Oc1ccc(N=C=O)cc1C. The number of aryl methyl sites for hydroxylation is 1. The Bertz CT molecular complexity index is 485. The van der Waals surface area contributed by atoms with Crippen molar-refractivity contribution in [3.63, 3.8) is 0 Å². The van der Waals surface area contributed by atoms with Crippen LogP contribution in [0, 0.1) is 6.92 Å². The molecule has 0 atom stereocenters. The molecule has 0 radical (unpaired) electrons. The van der Waals surface area contributed by atoms with E-state index in [0.717, 1.165) is 0 Å². The predicted octanol–water partition coefficient (Wildman–Crippen LogP) is 2.44. The van der Waals surface area contributed by atoms with E-state index in [9.17, 15) is 9.59 Å². The Balaban J connectivity index is 2.95. The van der Waals surface area contributed by atoms with Crippen molar-refractivity contribution < 1.29 is 14.3 Å². The lowest BCUT2D eigenvalue weighted by Crippen LogP contribution is -2.08. The number of ether oxygens (including phenoxy) is 1. The smallest absolute Gasteiger partial charge is 0.338 e. The Morgan fingerprint density at radius 2 is 2.19 bits per heavy atom. The molecule has 0 aliphatic rings. The van der Waals surface area contributed by atoms with Gasteiger partial charge in [-0.05, 0) is 37.6 Å². The largest absolute Gasteiger partial charge is 0.423 e. The van der Waals surface area contributed by atoms with Crippen LogP contribution in [0.3, 0.4) is 0 Å². The average molecular weight is 217 g/mol. The number of rotatable bonds is 3. The van der Waals surface area contributed by atoms with E-state index < -0.39 is 5.97 Å². The highest BCUT2D eigenvalue weighted by molar-refractivity contribution is 5.89. The molecule has 0 bridgehead atoms. The Kier molecular flexibility index (Phi) is 3.75. The summed E-state index contributed by atoms with van der Waals surface area (Å²) in [6, 6.07) is 4.78. The van der Waals surface area contributed by atoms with E-state index in [1.54, 1.807) is 32.0 Å². The number of benzene rings is 1. The van der Waals surface area contributed by atoms with Crippen molar-refractivity contribution in [3.05, 3.63) is 35.9 Å². The van der Waals surface area contributed by atoms with Gasteiger partial charge in [-0.25, -0.2) is 9.59 Å². The molecule has 0 fully saturated rings. The van der Waals surface area contributed by atoms with Crippen molar-refractivity contribution in [2.75, 3.05) is 0 Å². The lowest BCUT2D eigenvalue weighted by Gasteiger charge is -2.06. The maximum Gasteiger partial charge on any atom is 0.338 e. The van der Waals surface area contributed by atoms with Gasteiger partial charge in [-0.15, -0.1) is 0 Å². The minimum atomic E-state index is -0.477. The number of nitrogens with zero attached hydrogens (tertiary/aromatic N) is 1. The van der Waals surface area contributed by atoms with Crippen LogP contribution < -0.4 is 4.74 Å². The highest BCUT2D eigenvalue weighted by Crippen LogP contribution is 2.23. The van der Waals surface area contributed by atoms with Gasteiger partial charge < -0.3 is 4.74 Å². The van der Waals surface area contributed by atoms with Crippen LogP contribution >= 0.6 is 0 Å². The molecule has 0 amide bonds. The first-order valence-corrected chi connectivity index (χ1v) is 4.61. The molecule has 1 aromatic rings. The second-order valence-corrected chi connectivity index (χ2v) is 3.32. The maximum absolute atomic E-state index is 11.3. The van der Waals surface area contributed by atoms with Crippen LogP contribution in [0.4, 0.5) is 5.69 Å². The molecule has 82 valence electrons. The zero-order valence-corrected chi connectivity index (χ0v) is 9.11. The molecular formula is C12H11NO3. The summed E-state index contributed by atoms with van der Waals surface area (Å²) in [4.78, 5) is 24.8. The molecule has 0 unspecified atom stereocenters. The molecule has 0 aromatic heterocycles. The minimum absolute atomic E-state index is 0.328. The number of esters is 1. The van der Waals surface area contributed by atoms with Gasteiger partial charge in [-0.2, -0.15) is 4.99 Å². The molecule has 0 spiro atoms. The Morgan fingerprint density at radius 1 is 1.50 bits per heavy atom. The molecule has 4 nitrogen and oxygen atoms in total. The van der Waals surface area contributed by atoms with Crippen molar-refractivity contribution in [2.45, 2.75) is 13.8 Å². The molecule has 0 aliphatic heterocycles. The summed E-state index contributed by atoms with van der Waals surface area (Å²) in [6.45, 7) is 6.81. The van der Waals surface area contributed by atoms with Crippen LogP contribution in [0.2, 0.25) is 0 Å². The summed E-state index contributed by atoms with van der Waals surface area (Å²) in [5, 5.41) is 0. The van der Waals surface area contributed by atoms with Crippen LogP contribution in [-0.2, 0) is 9.59 Å². The Hall–Kier alpha value is -2.19. The van der Waals surface area contributed by atoms with Gasteiger partial charge in [-0.3, -0.25) is 0 Å². The molecule has 1 aromatic carbocycles. The second kappa shape index (κ2) is 5.05. The number of carbonyl (C=O) groups excluding carboxylic acids is 2. The van der Waals surface area contributed by atoms with E-state index in [1.165, 1.54) is 6.08 Å². The van der Waals surface area contributed by atoms with E-state index in [0.29, 0.717) is 22.6 Å². The van der Waals surface area contributed by atoms with E-state index in [2.05, 4.69) is 11.6 Å². The fraction of sp³-hybridized carbons (Fsp3) is 0.167. The lowest BCUT2D eigenvalue weighted by atomic mass is 10.2. The summed E-state index contributed by atoms with van der Waals surface area (Å²) in [6.07, 6.45) is 1.44. The Labute approximate surface area is 93.3 Å². The third-order valence-electron chi connectivity index (χ3n) is 1.88. The topological polar surface area (TPSA) is 55.7 Å². The van der Waals surface area contributed by atoms with Crippen molar-refractivity contribution in [2.24, 2.45) is 4.99 Å². The zero-order valence-electron chi connectivity index (χ0n) is 9.11. The van der Waals surface area contributed by atoms with E-state index in [4.69, 9.17) is 4.74 Å². The predicted molar refractivity (Wildman–Crippen MR) is 59.4 cm³/mol. The van der Waals surface area contributed by atoms with Gasteiger partial charge in [0.1, 0.15) is 5.75 Å². The van der Waals surface area contributed by atoms with E-state index in [1.807, 2.05) is 0 Å². The molecule has 0 saturated heterocycles. The number of carbonyl (C=O) groups is 1. The normalized spacial score (nSPS) is 9.12. The Morgan fingerprint density at radius 3 is 2.69 bits per heavy atom. The fourth-order valence-electron chi connectivity index (χ4n) is 1.06. The first kappa shape index (κ1) is 11.9. The number of hydrogen-bond donors (Lipinski definition) is 0. The van der Waals surface area contributed by atoms with Gasteiger partial charge in [0.2, 0.25) is 6.08 Å². The van der Waals surface area contributed by atoms with Crippen molar-refractivity contribution in [1.82, 2.24) is 0 Å². The summed E-state index contributed by atoms with van der Waals surface area (Å²) in [5.41, 5.74) is 1.52. The van der Waals surface area contributed by atoms with Gasteiger partial charge in [0.25, 0.3) is 0 Å². The average Bonchev–Trinajstić information content (AvgIpc) is 2.22. The van der Waals surface area contributed by atoms with Crippen LogP contribution in [0.25, 0.3) is 0 Å². The third kappa shape index (κ3) is 2.90. The fourth-order valence-corrected chi connectivity index (χ4v) is 1.06. The first-order valence-electron chi connectivity index (χ1n) is 4.61. The van der Waals surface area contributed by atoms with Gasteiger partial charge in [-0.1, -0.05) is 6.58 Å². The molecule has 4 heteroatoms. The van der Waals surface area contributed by atoms with Gasteiger partial charge in [0.05, 0.1) is 5.69 Å². The first-order chi connectivity index (χ1) is 7.54. The van der Waals surface area contributed by atoms with Gasteiger partial charge in [0, 0.05) is 5.57 Å². The molecule has 1 rings (SSSR count). The molecule has 16 heavy (non-hydrogen) atoms. The monoisotopic (exact) mass is 217 g/mol. The minimum Gasteiger partial charge on any atom is -0.423 e. The summed E-state index contributed by atoms with van der Waals surface area (Å²) < 4.78 is 5.06. The van der Waals surface area contributed by atoms with Crippen LogP contribution in [0.15, 0.2) is 35.3 Å². The highest BCUT2D eigenvalue weighted by Gasteiger charge is 2.07. The third-order valence-corrected chi connectivity index (χ3v) is 1.88.